The molecule has 0 bridgehead atoms. The topological polar surface area (TPSA) is 97.4 Å². The molecule has 0 aromatic heterocycles. The van der Waals surface area contributed by atoms with Crippen molar-refractivity contribution in [3.63, 3.8) is 0 Å². The largest absolute Gasteiger partial charge is 0.465 e. The number of hydrogen-bond acceptors (Lipinski definition) is 8. The van der Waals surface area contributed by atoms with E-state index in [0.717, 1.165) is 110 Å². The second-order valence-corrected chi connectivity index (χ2v) is 20.6. The Morgan fingerprint density at radius 1 is 0.418 bits per heavy atom. The molecule has 9 heteroatoms. The fourth-order valence-corrected chi connectivity index (χ4v) is 9.20. The highest BCUT2D eigenvalue weighted by atomic mass is 16.5. The smallest absolute Gasteiger partial charge is 0.407 e. The molecule has 0 rings (SSSR count). The zero-order valence-corrected chi connectivity index (χ0v) is 45.7. The number of nitrogens with one attached hydrogen (secondary N) is 1. The summed E-state index contributed by atoms with van der Waals surface area (Å²) >= 11 is 0. The van der Waals surface area contributed by atoms with Crippen LogP contribution < -0.4 is 5.32 Å². The molecule has 2 unspecified atom stereocenters. The number of amides is 1. The van der Waals surface area contributed by atoms with Crippen LogP contribution in [-0.2, 0) is 23.8 Å². The molecule has 0 aromatic rings. The van der Waals surface area contributed by atoms with Crippen LogP contribution in [0.5, 0.6) is 0 Å². The van der Waals surface area contributed by atoms with Crippen LogP contribution in [0.3, 0.4) is 0 Å². The van der Waals surface area contributed by atoms with Gasteiger partial charge in [-0.1, -0.05) is 214 Å². The van der Waals surface area contributed by atoms with E-state index in [2.05, 4.69) is 42.8 Å². The van der Waals surface area contributed by atoms with Gasteiger partial charge < -0.3 is 24.4 Å². The minimum Gasteiger partial charge on any atom is -0.465 e. The number of alkyl carbamates (subject to hydrolysis) is 1. The van der Waals surface area contributed by atoms with Gasteiger partial charge in [0.2, 0.25) is 0 Å². The van der Waals surface area contributed by atoms with E-state index in [4.69, 9.17) is 14.2 Å². The van der Waals surface area contributed by atoms with Gasteiger partial charge in [0.1, 0.15) is 6.61 Å². The third-order valence-corrected chi connectivity index (χ3v) is 13.7. The zero-order valence-electron chi connectivity index (χ0n) is 45.7. The highest BCUT2D eigenvalue weighted by molar-refractivity contribution is 5.72. The van der Waals surface area contributed by atoms with E-state index in [0.29, 0.717) is 38.7 Å². The van der Waals surface area contributed by atoms with Gasteiger partial charge in [0.15, 0.2) is 0 Å². The first kappa shape index (κ1) is 65.1. The van der Waals surface area contributed by atoms with Gasteiger partial charge in [-0.3, -0.25) is 14.5 Å². The summed E-state index contributed by atoms with van der Waals surface area (Å²) in [6.07, 6.45) is 45.8. The van der Waals surface area contributed by atoms with Crippen molar-refractivity contribution in [1.82, 2.24) is 15.1 Å². The van der Waals surface area contributed by atoms with Gasteiger partial charge in [-0.25, -0.2) is 4.79 Å². The molecule has 1 N–H and O–H groups in total. The average molecular weight is 951 g/mol. The molecule has 0 radical (unpaired) electrons. The van der Waals surface area contributed by atoms with Crippen LogP contribution >= 0.6 is 0 Å². The number of esters is 2. The lowest BCUT2D eigenvalue weighted by atomic mass is 9.94. The Hall–Kier alpha value is -1.87. The van der Waals surface area contributed by atoms with Crippen LogP contribution in [0.4, 0.5) is 4.79 Å². The van der Waals surface area contributed by atoms with E-state index in [9.17, 15) is 14.4 Å². The second-order valence-electron chi connectivity index (χ2n) is 20.6. The summed E-state index contributed by atoms with van der Waals surface area (Å²) in [5.41, 5.74) is 0. The molecule has 0 aliphatic rings. The summed E-state index contributed by atoms with van der Waals surface area (Å²) in [5, 5.41) is 2.88. The fourth-order valence-electron chi connectivity index (χ4n) is 9.20. The van der Waals surface area contributed by atoms with Crippen LogP contribution in [0.15, 0.2) is 0 Å². The summed E-state index contributed by atoms with van der Waals surface area (Å²) in [7, 11) is 4.07. The first-order valence-electron chi connectivity index (χ1n) is 29.4. The molecule has 0 saturated carbocycles. The normalized spacial score (nSPS) is 12.5. The summed E-state index contributed by atoms with van der Waals surface area (Å²) in [4.78, 5) is 42.8. The van der Waals surface area contributed by atoms with Crippen molar-refractivity contribution in [2.24, 2.45) is 11.8 Å². The predicted octanol–water partition coefficient (Wildman–Crippen LogP) is 16.2. The van der Waals surface area contributed by atoms with E-state index >= 15 is 0 Å². The molecule has 1 amide bonds. The van der Waals surface area contributed by atoms with Crippen molar-refractivity contribution in [2.45, 2.75) is 278 Å². The SMILES string of the molecule is CCCCCCCCCCC(CCCCCCCC)COC(=O)CCCCCN(CCCCCCCCOC(=O)C(CCCCCC)CCCCCCCC)CCOC(=O)NCCCN(C)C. The van der Waals surface area contributed by atoms with Crippen LogP contribution in [0.2, 0.25) is 0 Å². The summed E-state index contributed by atoms with van der Waals surface area (Å²) < 4.78 is 17.3. The van der Waals surface area contributed by atoms with E-state index in [-0.39, 0.29) is 23.9 Å². The summed E-state index contributed by atoms with van der Waals surface area (Å²) in [6, 6.07) is 0. The molecule has 0 aliphatic heterocycles. The van der Waals surface area contributed by atoms with Gasteiger partial charge >= 0.3 is 18.0 Å². The third kappa shape index (κ3) is 47.6. The highest BCUT2D eigenvalue weighted by Gasteiger charge is 2.19. The van der Waals surface area contributed by atoms with E-state index in [1.165, 1.54) is 161 Å². The van der Waals surface area contributed by atoms with Crippen molar-refractivity contribution in [3.8, 4) is 0 Å². The molecule has 0 aliphatic carbocycles. The van der Waals surface area contributed by atoms with Gasteiger partial charge in [0.25, 0.3) is 0 Å². The maximum atomic E-state index is 13.0. The molecule has 0 fully saturated rings. The average Bonchev–Trinajstić information content (AvgIpc) is 3.31. The minimum atomic E-state index is -0.338. The predicted molar refractivity (Wildman–Crippen MR) is 286 cm³/mol. The number of unbranched alkanes of at least 4 members (excludes halogenated alkanes) is 27. The van der Waals surface area contributed by atoms with Crippen molar-refractivity contribution in [3.05, 3.63) is 0 Å². The standard InChI is InChI=1S/C58H115N3O6/c1-7-11-15-19-22-23-27-33-42-54(41-32-26-20-16-12-8-2)53-67-56(62)45-36-31-38-49-61(50-52-66-58(64)59-46-40-47-60(5)6)48-37-29-24-25-30-39-51-65-57(63)55(43-34-18-14-10-4)44-35-28-21-17-13-9-3/h54-55H,7-53H2,1-6H3,(H,59,64). The number of carbonyl (C=O) groups excluding carboxylic acids is 3. The molecule has 0 saturated heterocycles. The van der Waals surface area contributed by atoms with E-state index in [1.807, 2.05) is 14.1 Å². The Labute approximate surface area is 416 Å². The van der Waals surface area contributed by atoms with Crippen molar-refractivity contribution >= 4 is 18.0 Å². The zero-order chi connectivity index (χ0) is 49.1. The highest BCUT2D eigenvalue weighted by Crippen LogP contribution is 2.22. The number of ether oxygens (including phenoxy) is 3. The van der Waals surface area contributed by atoms with Gasteiger partial charge in [-0.2, -0.15) is 0 Å². The summed E-state index contributed by atoms with van der Waals surface area (Å²) in [6.45, 7) is 14.7. The van der Waals surface area contributed by atoms with Gasteiger partial charge in [0, 0.05) is 19.5 Å². The van der Waals surface area contributed by atoms with Crippen molar-refractivity contribution in [1.29, 1.82) is 0 Å². The lowest BCUT2D eigenvalue weighted by molar-refractivity contribution is -0.149. The Kier molecular flexibility index (Phi) is 50.5. The first-order valence-corrected chi connectivity index (χ1v) is 29.4. The molecule has 0 spiro atoms. The van der Waals surface area contributed by atoms with Crippen LogP contribution in [0.25, 0.3) is 0 Å². The number of carbonyl (C=O) groups is 3. The molecule has 0 aromatic carbocycles. The van der Waals surface area contributed by atoms with Crippen molar-refractivity contribution < 1.29 is 28.6 Å². The van der Waals surface area contributed by atoms with E-state index < -0.39 is 0 Å². The Balaban J connectivity index is 4.73. The number of hydrogen-bond donors (Lipinski definition) is 1. The molecular weight excluding hydrogens is 835 g/mol. The monoisotopic (exact) mass is 950 g/mol. The molecule has 9 nitrogen and oxygen atoms in total. The lowest BCUT2D eigenvalue weighted by Gasteiger charge is -2.22. The third-order valence-electron chi connectivity index (χ3n) is 13.7. The van der Waals surface area contributed by atoms with Crippen LogP contribution in [0.1, 0.15) is 278 Å². The van der Waals surface area contributed by atoms with E-state index in [1.54, 1.807) is 0 Å². The Morgan fingerprint density at radius 2 is 0.851 bits per heavy atom. The lowest BCUT2D eigenvalue weighted by Crippen LogP contribution is -2.33. The Morgan fingerprint density at radius 3 is 1.36 bits per heavy atom. The van der Waals surface area contributed by atoms with Gasteiger partial charge in [-0.05, 0) is 97.4 Å². The van der Waals surface area contributed by atoms with Crippen molar-refractivity contribution in [2.75, 3.05) is 66.6 Å². The first-order chi connectivity index (χ1) is 32.8. The molecule has 398 valence electrons. The molecule has 2 atom stereocenters. The maximum absolute atomic E-state index is 13.0. The van der Waals surface area contributed by atoms with Crippen LogP contribution in [0, 0.1) is 11.8 Å². The van der Waals surface area contributed by atoms with Gasteiger partial charge in [0.05, 0.1) is 19.1 Å². The number of nitrogens with zero attached hydrogens (tertiary/aromatic N) is 2. The Bertz CT molecular complexity index is 1060. The number of rotatable bonds is 53. The quantitative estimate of drug-likeness (QED) is 0.0366. The molecule has 67 heavy (non-hydrogen) atoms. The minimum absolute atomic E-state index is 0.0330. The molecular formula is C58H115N3O6. The molecule has 0 heterocycles. The summed E-state index contributed by atoms with van der Waals surface area (Å²) in [5.74, 6) is 0.585. The fraction of sp³-hybridized carbons (Fsp3) is 0.948. The van der Waals surface area contributed by atoms with Crippen LogP contribution in [-0.4, -0.2) is 94.5 Å². The second kappa shape index (κ2) is 52.0. The van der Waals surface area contributed by atoms with Gasteiger partial charge in [-0.15, -0.1) is 0 Å². The maximum Gasteiger partial charge on any atom is 0.407 e.